The number of carbonyl (C=O) groups is 2. The molecule has 0 aliphatic carbocycles. The second kappa shape index (κ2) is 5.74. The van der Waals surface area contributed by atoms with Gasteiger partial charge in [-0.1, -0.05) is 0 Å². The summed E-state index contributed by atoms with van der Waals surface area (Å²) in [5.41, 5.74) is 0. The van der Waals surface area contributed by atoms with Crippen molar-refractivity contribution in [2.75, 3.05) is 20.3 Å². The molecule has 1 aromatic heterocycles. The van der Waals surface area contributed by atoms with Crippen molar-refractivity contribution >= 4 is 11.9 Å². The zero-order valence-electron chi connectivity index (χ0n) is 8.98. The summed E-state index contributed by atoms with van der Waals surface area (Å²) in [4.78, 5) is 22.3. The van der Waals surface area contributed by atoms with Gasteiger partial charge in [-0.25, -0.2) is 0 Å². The first-order chi connectivity index (χ1) is 7.67. The van der Waals surface area contributed by atoms with Crippen LogP contribution in [0, 0.1) is 0 Å². The average Bonchev–Trinajstić information content (AvgIpc) is 2.75. The molecule has 0 saturated carbocycles. The first kappa shape index (κ1) is 12.0. The Balaban J connectivity index is 2.43. The normalized spacial score (nSPS) is 9.62. The molecule has 7 nitrogen and oxygen atoms in total. The van der Waals surface area contributed by atoms with Crippen molar-refractivity contribution in [3.05, 3.63) is 11.8 Å². The molecule has 0 saturated heterocycles. The molecule has 1 rings (SSSR count). The monoisotopic (exact) mass is 228 g/mol. The van der Waals surface area contributed by atoms with Crippen molar-refractivity contribution < 1.29 is 23.6 Å². The summed E-state index contributed by atoms with van der Waals surface area (Å²) >= 11 is 0. The van der Waals surface area contributed by atoms with Gasteiger partial charge >= 0.3 is 5.97 Å². The topological polar surface area (TPSA) is 90.7 Å². The number of ether oxygens (including phenoxy) is 2. The zero-order valence-corrected chi connectivity index (χ0v) is 8.98. The lowest BCUT2D eigenvalue weighted by atomic mass is 10.4. The highest BCUT2D eigenvalue weighted by atomic mass is 16.5. The van der Waals surface area contributed by atoms with Gasteiger partial charge in [-0.2, -0.15) is 0 Å². The van der Waals surface area contributed by atoms with E-state index in [1.165, 1.54) is 13.2 Å². The summed E-state index contributed by atoms with van der Waals surface area (Å²) in [6, 6.07) is 1.32. The molecule has 16 heavy (non-hydrogen) atoms. The van der Waals surface area contributed by atoms with Crippen molar-refractivity contribution in [2.45, 2.75) is 6.92 Å². The third-order valence-corrected chi connectivity index (χ3v) is 1.62. The SMILES string of the molecule is CCOC(=O)CNC(=O)c1cc(OC)no1. The second-order valence-electron chi connectivity index (χ2n) is 2.72. The number of nitrogens with zero attached hydrogens (tertiary/aromatic N) is 1. The number of hydrogen-bond acceptors (Lipinski definition) is 6. The molecule has 0 aromatic carbocycles. The fraction of sp³-hybridized carbons (Fsp3) is 0.444. The van der Waals surface area contributed by atoms with Gasteiger partial charge in [0.05, 0.1) is 19.8 Å². The minimum atomic E-state index is -0.552. The molecule has 0 unspecified atom stereocenters. The van der Waals surface area contributed by atoms with Gasteiger partial charge in [0, 0.05) is 0 Å². The Hall–Kier alpha value is -2.05. The molecule has 0 fully saturated rings. The summed E-state index contributed by atoms with van der Waals surface area (Å²) < 4.78 is 14.0. The predicted octanol–water partition coefficient (Wildman–Crippen LogP) is -0.0239. The van der Waals surface area contributed by atoms with Gasteiger partial charge < -0.3 is 19.3 Å². The predicted molar refractivity (Wildman–Crippen MR) is 52.0 cm³/mol. The standard InChI is InChI=1S/C9H12N2O5/c1-3-15-8(12)5-10-9(13)6-4-7(14-2)11-16-6/h4H,3,5H2,1-2H3,(H,10,13). The second-order valence-corrected chi connectivity index (χ2v) is 2.72. The van der Waals surface area contributed by atoms with E-state index in [4.69, 9.17) is 4.74 Å². The van der Waals surface area contributed by atoms with E-state index >= 15 is 0 Å². The number of nitrogens with one attached hydrogen (secondary N) is 1. The van der Waals surface area contributed by atoms with Gasteiger partial charge in [-0.3, -0.25) is 9.59 Å². The summed E-state index contributed by atoms with van der Waals surface area (Å²) in [5, 5.41) is 5.76. The molecule has 1 amide bonds. The Bertz CT molecular complexity index is 374. The van der Waals surface area contributed by atoms with Crippen LogP contribution in [-0.2, 0) is 9.53 Å². The number of aromatic nitrogens is 1. The number of rotatable bonds is 5. The van der Waals surface area contributed by atoms with Gasteiger partial charge in [-0.05, 0) is 12.1 Å². The molecule has 0 spiro atoms. The van der Waals surface area contributed by atoms with Crippen LogP contribution >= 0.6 is 0 Å². The number of esters is 1. The lowest BCUT2D eigenvalue weighted by molar-refractivity contribution is -0.141. The fourth-order valence-corrected chi connectivity index (χ4v) is 0.914. The number of amides is 1. The first-order valence-corrected chi connectivity index (χ1v) is 4.62. The molecule has 0 radical (unpaired) electrons. The van der Waals surface area contributed by atoms with E-state index in [0.29, 0.717) is 0 Å². The molecule has 7 heteroatoms. The van der Waals surface area contributed by atoms with Gasteiger partial charge in [-0.15, -0.1) is 0 Å². The maximum absolute atomic E-state index is 11.4. The van der Waals surface area contributed by atoms with Crippen LogP contribution < -0.4 is 10.1 Å². The van der Waals surface area contributed by atoms with E-state index in [9.17, 15) is 9.59 Å². The molecule has 0 aliphatic heterocycles. The molecule has 1 heterocycles. The Kier molecular flexibility index (Phi) is 4.31. The van der Waals surface area contributed by atoms with Gasteiger partial charge in [0.2, 0.25) is 5.76 Å². The van der Waals surface area contributed by atoms with Gasteiger partial charge in [0.15, 0.2) is 0 Å². The lowest BCUT2D eigenvalue weighted by Crippen LogP contribution is -2.30. The van der Waals surface area contributed by atoms with E-state index in [1.54, 1.807) is 6.92 Å². The smallest absolute Gasteiger partial charge is 0.325 e. The minimum Gasteiger partial charge on any atom is -0.479 e. The van der Waals surface area contributed by atoms with Crippen LogP contribution in [0.5, 0.6) is 5.88 Å². The van der Waals surface area contributed by atoms with Crippen LogP contribution in [0.3, 0.4) is 0 Å². The molecule has 88 valence electrons. The molecular weight excluding hydrogens is 216 g/mol. The Morgan fingerprint density at radius 3 is 2.88 bits per heavy atom. The summed E-state index contributed by atoms with van der Waals surface area (Å²) in [5.74, 6) is -0.895. The molecule has 0 atom stereocenters. The van der Waals surface area contributed by atoms with Crippen LogP contribution in [-0.4, -0.2) is 37.3 Å². The summed E-state index contributed by atoms with van der Waals surface area (Å²) in [6.45, 7) is 1.74. The van der Waals surface area contributed by atoms with Crippen molar-refractivity contribution in [3.63, 3.8) is 0 Å². The van der Waals surface area contributed by atoms with E-state index in [1.807, 2.05) is 0 Å². The third-order valence-electron chi connectivity index (χ3n) is 1.62. The quantitative estimate of drug-likeness (QED) is 0.712. The number of hydrogen-bond donors (Lipinski definition) is 1. The van der Waals surface area contributed by atoms with E-state index in [-0.39, 0.29) is 24.8 Å². The van der Waals surface area contributed by atoms with Gasteiger partial charge in [0.1, 0.15) is 6.54 Å². The lowest BCUT2D eigenvalue weighted by Gasteiger charge is -2.01. The van der Waals surface area contributed by atoms with E-state index in [2.05, 4.69) is 19.7 Å². The Morgan fingerprint density at radius 2 is 2.31 bits per heavy atom. The third kappa shape index (κ3) is 3.26. The minimum absolute atomic E-state index is 0.0267. The van der Waals surface area contributed by atoms with E-state index in [0.717, 1.165) is 0 Å². The summed E-state index contributed by atoms with van der Waals surface area (Å²) in [7, 11) is 1.40. The Morgan fingerprint density at radius 1 is 1.56 bits per heavy atom. The Labute approximate surface area is 91.7 Å². The van der Waals surface area contributed by atoms with Crippen molar-refractivity contribution in [1.29, 1.82) is 0 Å². The zero-order chi connectivity index (χ0) is 12.0. The maximum Gasteiger partial charge on any atom is 0.325 e. The number of carbonyl (C=O) groups excluding carboxylic acids is 2. The van der Waals surface area contributed by atoms with Crippen LogP contribution in [0.15, 0.2) is 10.6 Å². The maximum atomic E-state index is 11.4. The fourth-order valence-electron chi connectivity index (χ4n) is 0.914. The highest BCUT2D eigenvalue weighted by Gasteiger charge is 2.14. The van der Waals surface area contributed by atoms with Crippen molar-refractivity contribution in [2.24, 2.45) is 0 Å². The molecular formula is C9H12N2O5. The summed E-state index contributed by atoms with van der Waals surface area (Å²) in [6.07, 6.45) is 0. The molecule has 1 aromatic rings. The molecule has 0 bridgehead atoms. The molecule has 1 N–H and O–H groups in total. The highest BCUT2D eigenvalue weighted by molar-refractivity contribution is 5.93. The van der Waals surface area contributed by atoms with Crippen LogP contribution in [0.2, 0.25) is 0 Å². The first-order valence-electron chi connectivity index (χ1n) is 4.62. The van der Waals surface area contributed by atoms with Gasteiger partial charge in [0.25, 0.3) is 11.8 Å². The van der Waals surface area contributed by atoms with Crippen LogP contribution in [0.1, 0.15) is 17.5 Å². The highest BCUT2D eigenvalue weighted by Crippen LogP contribution is 2.09. The number of methoxy groups -OCH3 is 1. The largest absolute Gasteiger partial charge is 0.479 e. The van der Waals surface area contributed by atoms with E-state index < -0.39 is 11.9 Å². The molecule has 0 aliphatic rings. The van der Waals surface area contributed by atoms with Crippen molar-refractivity contribution in [1.82, 2.24) is 10.5 Å². The average molecular weight is 228 g/mol. The van der Waals surface area contributed by atoms with Crippen LogP contribution in [0.4, 0.5) is 0 Å². The van der Waals surface area contributed by atoms with Crippen molar-refractivity contribution in [3.8, 4) is 5.88 Å². The van der Waals surface area contributed by atoms with Crippen LogP contribution in [0.25, 0.3) is 0 Å².